The van der Waals surface area contributed by atoms with Gasteiger partial charge in [0.15, 0.2) is 0 Å². The molecule has 1 heterocycles. The second kappa shape index (κ2) is 7.21. The Balaban J connectivity index is 1.65. The van der Waals surface area contributed by atoms with Crippen LogP contribution in [-0.2, 0) is 9.53 Å². The molecule has 0 radical (unpaired) electrons. The van der Waals surface area contributed by atoms with Gasteiger partial charge in [-0.3, -0.25) is 4.79 Å². The van der Waals surface area contributed by atoms with Gasteiger partial charge in [0.05, 0.1) is 12.6 Å². The molecular formula is C14H19FN2O3. The first-order valence-electron chi connectivity index (χ1n) is 6.70. The van der Waals surface area contributed by atoms with Crippen LogP contribution in [-0.4, -0.2) is 37.8 Å². The number of carbonyl (C=O) groups is 1. The summed E-state index contributed by atoms with van der Waals surface area (Å²) in [5.74, 6) is -0.0536. The number of nitrogens with two attached hydrogens (primary N) is 1. The third-order valence-corrected chi connectivity index (χ3v) is 3.13. The van der Waals surface area contributed by atoms with E-state index in [9.17, 15) is 9.18 Å². The van der Waals surface area contributed by atoms with Gasteiger partial charge >= 0.3 is 0 Å². The molecule has 2 atom stereocenters. The second-order valence-electron chi connectivity index (χ2n) is 4.66. The molecule has 1 aromatic carbocycles. The van der Waals surface area contributed by atoms with Crippen LogP contribution in [0.2, 0.25) is 0 Å². The molecule has 6 heteroatoms. The molecule has 1 amide bonds. The summed E-state index contributed by atoms with van der Waals surface area (Å²) in [7, 11) is 0. The minimum Gasteiger partial charge on any atom is -0.492 e. The number of carbonyl (C=O) groups excluding carboxylic acids is 1. The number of hydrogen-bond donors (Lipinski definition) is 2. The van der Waals surface area contributed by atoms with E-state index >= 15 is 0 Å². The van der Waals surface area contributed by atoms with E-state index in [0.717, 1.165) is 6.42 Å². The number of nitrogens with one attached hydrogen (secondary N) is 1. The van der Waals surface area contributed by atoms with Crippen LogP contribution in [0.5, 0.6) is 5.75 Å². The molecule has 1 aromatic rings. The van der Waals surface area contributed by atoms with Gasteiger partial charge in [0.1, 0.15) is 24.3 Å². The fraction of sp³-hybridized carbons (Fsp3) is 0.500. The first kappa shape index (κ1) is 14.7. The van der Waals surface area contributed by atoms with Crippen molar-refractivity contribution in [2.75, 3.05) is 19.7 Å². The Kier molecular flexibility index (Phi) is 5.31. The maximum absolute atomic E-state index is 12.9. The lowest BCUT2D eigenvalue weighted by atomic mass is 10.2. The van der Waals surface area contributed by atoms with Gasteiger partial charge in [-0.05, 0) is 25.0 Å². The average molecular weight is 282 g/mol. The van der Waals surface area contributed by atoms with Crippen LogP contribution in [0.15, 0.2) is 24.3 Å². The SMILES string of the molecule is NC[C@H]1CC[C@@H](C(=O)NCCOc2cccc(F)c2)O1. The highest BCUT2D eigenvalue weighted by molar-refractivity contribution is 5.81. The number of benzene rings is 1. The van der Waals surface area contributed by atoms with Crippen LogP contribution < -0.4 is 15.8 Å². The van der Waals surface area contributed by atoms with Crippen LogP contribution in [0.3, 0.4) is 0 Å². The fourth-order valence-electron chi connectivity index (χ4n) is 2.09. The smallest absolute Gasteiger partial charge is 0.249 e. The molecule has 0 saturated carbocycles. The first-order chi connectivity index (χ1) is 9.69. The van der Waals surface area contributed by atoms with Crippen molar-refractivity contribution in [3.05, 3.63) is 30.1 Å². The second-order valence-corrected chi connectivity index (χ2v) is 4.66. The molecule has 5 nitrogen and oxygen atoms in total. The summed E-state index contributed by atoms with van der Waals surface area (Å²) < 4.78 is 23.7. The van der Waals surface area contributed by atoms with Gasteiger partial charge in [0.2, 0.25) is 5.91 Å². The molecule has 0 unspecified atom stereocenters. The Bertz CT molecular complexity index is 456. The zero-order chi connectivity index (χ0) is 14.4. The quantitative estimate of drug-likeness (QED) is 0.758. The zero-order valence-corrected chi connectivity index (χ0v) is 11.2. The van der Waals surface area contributed by atoms with E-state index in [1.807, 2.05) is 0 Å². The van der Waals surface area contributed by atoms with Crippen molar-refractivity contribution in [3.8, 4) is 5.75 Å². The zero-order valence-electron chi connectivity index (χ0n) is 11.2. The van der Waals surface area contributed by atoms with E-state index in [-0.39, 0.29) is 24.4 Å². The predicted molar refractivity (Wildman–Crippen MR) is 71.9 cm³/mol. The largest absolute Gasteiger partial charge is 0.492 e. The normalized spacial score (nSPS) is 21.7. The van der Waals surface area contributed by atoms with Crippen LogP contribution in [0.25, 0.3) is 0 Å². The topological polar surface area (TPSA) is 73.6 Å². The highest BCUT2D eigenvalue weighted by Crippen LogP contribution is 2.18. The van der Waals surface area contributed by atoms with Crippen LogP contribution in [0.4, 0.5) is 4.39 Å². The van der Waals surface area contributed by atoms with Crippen molar-refractivity contribution in [1.82, 2.24) is 5.32 Å². The van der Waals surface area contributed by atoms with Crippen molar-refractivity contribution in [1.29, 1.82) is 0 Å². The molecule has 20 heavy (non-hydrogen) atoms. The summed E-state index contributed by atoms with van der Waals surface area (Å²) in [6, 6.07) is 5.88. The highest BCUT2D eigenvalue weighted by atomic mass is 19.1. The van der Waals surface area contributed by atoms with Gasteiger partial charge in [-0.15, -0.1) is 0 Å². The predicted octanol–water partition coefficient (Wildman–Crippen LogP) is 0.827. The van der Waals surface area contributed by atoms with Crippen molar-refractivity contribution in [2.45, 2.75) is 25.0 Å². The summed E-state index contributed by atoms with van der Waals surface area (Å²) in [4.78, 5) is 11.8. The number of amides is 1. The molecule has 1 aliphatic rings. The maximum atomic E-state index is 12.9. The molecule has 110 valence electrons. The van der Waals surface area contributed by atoms with Gasteiger partial charge in [-0.25, -0.2) is 4.39 Å². The van der Waals surface area contributed by atoms with Crippen LogP contribution >= 0.6 is 0 Å². The maximum Gasteiger partial charge on any atom is 0.249 e. The number of hydrogen-bond acceptors (Lipinski definition) is 4. The summed E-state index contributed by atoms with van der Waals surface area (Å²) in [5.41, 5.74) is 5.49. The van der Waals surface area contributed by atoms with Gasteiger partial charge in [-0.2, -0.15) is 0 Å². The molecule has 0 bridgehead atoms. The summed E-state index contributed by atoms with van der Waals surface area (Å²) in [5, 5.41) is 2.73. The van der Waals surface area contributed by atoms with E-state index in [2.05, 4.69) is 5.32 Å². The first-order valence-corrected chi connectivity index (χ1v) is 6.70. The lowest BCUT2D eigenvalue weighted by Crippen LogP contribution is -2.37. The number of halogens is 1. The highest BCUT2D eigenvalue weighted by Gasteiger charge is 2.29. The molecule has 2 rings (SSSR count). The number of rotatable bonds is 6. The van der Waals surface area contributed by atoms with E-state index in [4.69, 9.17) is 15.2 Å². The average Bonchev–Trinajstić information content (AvgIpc) is 2.92. The standard InChI is InChI=1S/C14H19FN2O3/c15-10-2-1-3-11(8-10)19-7-6-17-14(18)13-5-4-12(9-16)20-13/h1-3,8,12-13H,4-7,9,16H2,(H,17,18)/t12-,13+/m1/s1. The lowest BCUT2D eigenvalue weighted by molar-refractivity contribution is -0.131. The van der Waals surface area contributed by atoms with E-state index in [0.29, 0.717) is 25.3 Å². The Labute approximate surface area is 117 Å². The Morgan fingerprint density at radius 2 is 2.35 bits per heavy atom. The summed E-state index contributed by atoms with van der Waals surface area (Å²) >= 11 is 0. The summed E-state index contributed by atoms with van der Waals surface area (Å²) in [6.07, 6.45) is 1.07. The van der Waals surface area contributed by atoms with Gasteiger partial charge in [0.25, 0.3) is 0 Å². The van der Waals surface area contributed by atoms with Crippen LogP contribution in [0.1, 0.15) is 12.8 Å². The van der Waals surface area contributed by atoms with E-state index < -0.39 is 6.10 Å². The minimum atomic E-state index is -0.419. The van der Waals surface area contributed by atoms with Crippen LogP contribution in [0, 0.1) is 5.82 Å². The third kappa shape index (κ3) is 4.18. The Morgan fingerprint density at radius 3 is 3.05 bits per heavy atom. The Morgan fingerprint density at radius 1 is 1.50 bits per heavy atom. The van der Waals surface area contributed by atoms with Gasteiger partial charge < -0.3 is 20.5 Å². The van der Waals surface area contributed by atoms with E-state index in [1.165, 1.54) is 12.1 Å². The molecule has 1 saturated heterocycles. The molecule has 0 aliphatic carbocycles. The molecule has 0 spiro atoms. The van der Waals surface area contributed by atoms with Gasteiger partial charge in [0, 0.05) is 12.6 Å². The van der Waals surface area contributed by atoms with Crippen molar-refractivity contribution in [3.63, 3.8) is 0 Å². The number of ether oxygens (including phenoxy) is 2. The Hall–Kier alpha value is -1.66. The molecule has 3 N–H and O–H groups in total. The van der Waals surface area contributed by atoms with Crippen molar-refractivity contribution < 1.29 is 18.7 Å². The monoisotopic (exact) mass is 282 g/mol. The molecule has 1 fully saturated rings. The third-order valence-electron chi connectivity index (χ3n) is 3.13. The van der Waals surface area contributed by atoms with Crippen molar-refractivity contribution in [2.24, 2.45) is 5.73 Å². The van der Waals surface area contributed by atoms with Gasteiger partial charge in [-0.1, -0.05) is 6.07 Å². The molecular weight excluding hydrogens is 263 g/mol. The molecule has 1 aliphatic heterocycles. The minimum absolute atomic E-state index is 0.0192. The van der Waals surface area contributed by atoms with E-state index in [1.54, 1.807) is 12.1 Å². The fourth-order valence-corrected chi connectivity index (χ4v) is 2.09. The summed E-state index contributed by atoms with van der Waals surface area (Å²) in [6.45, 7) is 1.07. The van der Waals surface area contributed by atoms with Crippen molar-refractivity contribution >= 4 is 5.91 Å². The lowest BCUT2D eigenvalue weighted by Gasteiger charge is -2.13. The molecule has 0 aromatic heterocycles.